The van der Waals surface area contributed by atoms with E-state index in [1.807, 2.05) is 6.07 Å². The van der Waals surface area contributed by atoms with Crippen LogP contribution in [0.5, 0.6) is 0 Å². The van der Waals surface area contributed by atoms with E-state index in [0.717, 1.165) is 10.0 Å². The summed E-state index contributed by atoms with van der Waals surface area (Å²) in [5.74, 6) is -0.209. The summed E-state index contributed by atoms with van der Waals surface area (Å²) in [7, 11) is 0. The number of benzene rings is 2. The normalized spacial score (nSPS) is 10.4. The van der Waals surface area contributed by atoms with Crippen molar-refractivity contribution in [1.29, 1.82) is 0 Å². The minimum absolute atomic E-state index is 0.209. The highest BCUT2D eigenvalue weighted by atomic mass is 79.9. The van der Waals surface area contributed by atoms with E-state index < -0.39 is 0 Å². The summed E-state index contributed by atoms with van der Waals surface area (Å²) < 4.78 is 0.808. The van der Waals surface area contributed by atoms with Gasteiger partial charge >= 0.3 is 0 Å². The largest absolute Gasteiger partial charge is 0.398 e. The number of rotatable bonds is 4. The van der Waals surface area contributed by atoms with E-state index in [4.69, 9.17) is 28.9 Å². The van der Waals surface area contributed by atoms with Gasteiger partial charge in [-0.25, -0.2) is 0 Å². The van der Waals surface area contributed by atoms with Gasteiger partial charge in [-0.05, 0) is 42.3 Å². The number of carbonyl (C=O) groups excluding carboxylic acids is 1. The van der Waals surface area contributed by atoms with Crippen LogP contribution in [0.15, 0.2) is 40.9 Å². The van der Waals surface area contributed by atoms with Crippen molar-refractivity contribution in [1.82, 2.24) is 5.32 Å². The molecular formula is C15H13BrCl2N2O. The summed E-state index contributed by atoms with van der Waals surface area (Å²) in [6.45, 7) is 0.464. The van der Waals surface area contributed by atoms with E-state index in [9.17, 15) is 4.79 Å². The van der Waals surface area contributed by atoms with Crippen LogP contribution in [0, 0.1) is 0 Å². The first-order valence-corrected chi connectivity index (χ1v) is 7.79. The molecule has 0 unspecified atom stereocenters. The molecule has 0 spiro atoms. The Morgan fingerprint density at radius 2 is 1.95 bits per heavy atom. The molecule has 2 aromatic rings. The lowest BCUT2D eigenvalue weighted by atomic mass is 10.1. The molecule has 0 aliphatic carbocycles. The maximum atomic E-state index is 12.1. The third-order valence-corrected chi connectivity index (χ3v) is 4.04. The number of amides is 1. The molecule has 0 atom stereocenters. The summed E-state index contributed by atoms with van der Waals surface area (Å²) in [6, 6.07) is 10.5. The summed E-state index contributed by atoms with van der Waals surface area (Å²) in [6.07, 6.45) is 0.621. The smallest absolute Gasteiger partial charge is 0.253 e. The molecule has 0 saturated heterocycles. The zero-order chi connectivity index (χ0) is 15.4. The van der Waals surface area contributed by atoms with Gasteiger partial charge in [0.05, 0.1) is 5.56 Å². The second kappa shape index (κ2) is 7.16. The van der Waals surface area contributed by atoms with Crippen molar-refractivity contribution in [3.8, 4) is 0 Å². The van der Waals surface area contributed by atoms with Crippen molar-refractivity contribution in [3.63, 3.8) is 0 Å². The quantitative estimate of drug-likeness (QED) is 0.768. The Bertz CT molecular complexity index is 677. The van der Waals surface area contributed by atoms with E-state index in [0.29, 0.717) is 34.3 Å². The second-order valence-electron chi connectivity index (χ2n) is 4.47. The summed E-state index contributed by atoms with van der Waals surface area (Å²) in [5, 5.41) is 4.01. The zero-order valence-corrected chi connectivity index (χ0v) is 14.1. The maximum absolute atomic E-state index is 12.1. The van der Waals surface area contributed by atoms with Gasteiger partial charge in [-0.2, -0.15) is 0 Å². The highest BCUT2D eigenvalue weighted by molar-refractivity contribution is 9.10. The average Bonchev–Trinajstić information content (AvgIpc) is 2.43. The number of halogens is 3. The van der Waals surface area contributed by atoms with Crippen molar-refractivity contribution < 1.29 is 4.79 Å². The topological polar surface area (TPSA) is 55.1 Å². The third kappa shape index (κ3) is 4.37. The number of hydrogen-bond acceptors (Lipinski definition) is 2. The van der Waals surface area contributed by atoms with Gasteiger partial charge in [0.1, 0.15) is 0 Å². The van der Waals surface area contributed by atoms with Gasteiger partial charge in [0, 0.05) is 26.8 Å². The lowest BCUT2D eigenvalue weighted by Crippen LogP contribution is -2.26. The molecule has 0 aliphatic rings. The number of nitrogens with two attached hydrogens (primary N) is 1. The first-order valence-electron chi connectivity index (χ1n) is 6.24. The van der Waals surface area contributed by atoms with Gasteiger partial charge in [0.25, 0.3) is 5.91 Å². The third-order valence-electron chi connectivity index (χ3n) is 2.95. The first kappa shape index (κ1) is 16.1. The van der Waals surface area contributed by atoms with E-state index >= 15 is 0 Å². The molecule has 6 heteroatoms. The molecule has 0 bridgehead atoms. The molecule has 3 N–H and O–H groups in total. The van der Waals surface area contributed by atoms with Gasteiger partial charge < -0.3 is 11.1 Å². The van der Waals surface area contributed by atoms with Crippen LogP contribution in [0.25, 0.3) is 0 Å². The average molecular weight is 388 g/mol. The van der Waals surface area contributed by atoms with Crippen molar-refractivity contribution in [3.05, 3.63) is 62.0 Å². The molecule has 0 heterocycles. The molecule has 1 amide bonds. The van der Waals surface area contributed by atoms with Gasteiger partial charge in [-0.1, -0.05) is 45.2 Å². The lowest BCUT2D eigenvalue weighted by Gasteiger charge is -2.09. The Morgan fingerprint density at radius 3 is 2.67 bits per heavy atom. The fraction of sp³-hybridized carbons (Fsp3) is 0.133. The van der Waals surface area contributed by atoms with E-state index in [1.165, 1.54) is 0 Å². The highest BCUT2D eigenvalue weighted by Crippen LogP contribution is 2.21. The van der Waals surface area contributed by atoms with E-state index in [-0.39, 0.29) is 5.91 Å². The zero-order valence-electron chi connectivity index (χ0n) is 11.0. The Kier molecular flexibility index (Phi) is 5.51. The van der Waals surface area contributed by atoms with Crippen LogP contribution in [-0.4, -0.2) is 12.5 Å². The van der Waals surface area contributed by atoms with Gasteiger partial charge in [-0.15, -0.1) is 0 Å². The van der Waals surface area contributed by atoms with Crippen molar-refractivity contribution in [2.24, 2.45) is 0 Å². The number of anilines is 1. The van der Waals surface area contributed by atoms with Crippen LogP contribution in [-0.2, 0) is 6.42 Å². The summed E-state index contributed by atoms with van der Waals surface area (Å²) >= 11 is 15.2. The molecule has 2 rings (SSSR count). The molecule has 3 nitrogen and oxygen atoms in total. The van der Waals surface area contributed by atoms with E-state index in [1.54, 1.807) is 30.3 Å². The van der Waals surface area contributed by atoms with Crippen molar-refractivity contribution in [2.45, 2.75) is 6.42 Å². The van der Waals surface area contributed by atoms with Crippen LogP contribution in [0.3, 0.4) is 0 Å². The molecule has 110 valence electrons. The molecule has 0 fully saturated rings. The lowest BCUT2D eigenvalue weighted by molar-refractivity contribution is 0.0955. The molecule has 21 heavy (non-hydrogen) atoms. The number of nitrogen functional groups attached to an aromatic ring is 1. The van der Waals surface area contributed by atoms with E-state index in [2.05, 4.69) is 21.2 Å². The summed E-state index contributed by atoms with van der Waals surface area (Å²) in [5.41, 5.74) is 7.63. The predicted octanol–water partition coefficient (Wildman–Crippen LogP) is 4.31. The van der Waals surface area contributed by atoms with Crippen molar-refractivity contribution in [2.75, 3.05) is 12.3 Å². The van der Waals surface area contributed by atoms with Crippen LogP contribution in [0.1, 0.15) is 15.9 Å². The maximum Gasteiger partial charge on any atom is 0.253 e. The number of hydrogen-bond donors (Lipinski definition) is 2. The predicted molar refractivity (Wildman–Crippen MR) is 91.1 cm³/mol. The SMILES string of the molecule is Nc1ccc(Br)cc1C(=O)NCCc1ccc(Cl)cc1Cl. The van der Waals surface area contributed by atoms with Gasteiger partial charge in [-0.3, -0.25) is 4.79 Å². The van der Waals surface area contributed by atoms with Gasteiger partial charge in [0.15, 0.2) is 0 Å². The van der Waals surface area contributed by atoms with Crippen LogP contribution in [0.4, 0.5) is 5.69 Å². The Labute approximate surface area is 141 Å². The fourth-order valence-corrected chi connectivity index (χ4v) is 2.72. The fourth-order valence-electron chi connectivity index (χ4n) is 1.86. The van der Waals surface area contributed by atoms with Crippen LogP contribution < -0.4 is 11.1 Å². The first-order chi connectivity index (χ1) is 9.97. The molecule has 0 radical (unpaired) electrons. The monoisotopic (exact) mass is 386 g/mol. The minimum Gasteiger partial charge on any atom is -0.398 e. The highest BCUT2D eigenvalue weighted by Gasteiger charge is 2.10. The minimum atomic E-state index is -0.209. The molecule has 0 aromatic heterocycles. The Balaban J connectivity index is 1.97. The Morgan fingerprint density at radius 1 is 1.19 bits per heavy atom. The van der Waals surface area contributed by atoms with Crippen LogP contribution in [0.2, 0.25) is 10.0 Å². The number of nitrogens with one attached hydrogen (secondary N) is 1. The molecule has 0 aliphatic heterocycles. The standard InChI is InChI=1S/C15H13BrCl2N2O/c16-10-2-4-14(19)12(7-10)15(21)20-6-5-9-1-3-11(17)8-13(9)18/h1-4,7-8H,5-6,19H2,(H,20,21). The molecule has 2 aromatic carbocycles. The molecule has 0 saturated carbocycles. The number of carbonyl (C=O) groups is 1. The van der Waals surface area contributed by atoms with Crippen molar-refractivity contribution >= 4 is 50.7 Å². The Hall–Kier alpha value is -1.23. The summed E-state index contributed by atoms with van der Waals surface area (Å²) in [4.78, 5) is 12.1. The second-order valence-corrected chi connectivity index (χ2v) is 6.23. The molecular weight excluding hydrogens is 375 g/mol. The van der Waals surface area contributed by atoms with Gasteiger partial charge in [0.2, 0.25) is 0 Å². The van der Waals surface area contributed by atoms with Crippen LogP contribution >= 0.6 is 39.1 Å².